The minimum Gasteiger partial charge on any atom is -0.376 e. The molecule has 2 aromatic heterocycles. The van der Waals surface area contributed by atoms with Crippen molar-refractivity contribution in [2.45, 2.75) is 18.9 Å². The number of nitrogens with one attached hydrogen (secondary N) is 1. The van der Waals surface area contributed by atoms with E-state index < -0.39 is 0 Å². The van der Waals surface area contributed by atoms with Crippen molar-refractivity contribution in [3.8, 4) is 11.3 Å². The van der Waals surface area contributed by atoms with Crippen LogP contribution in [0.2, 0.25) is 0 Å². The summed E-state index contributed by atoms with van der Waals surface area (Å²) < 4.78 is 20.9. The first-order chi connectivity index (χ1) is 11.3. The Hall–Kier alpha value is -2.40. The van der Waals surface area contributed by atoms with Gasteiger partial charge >= 0.3 is 0 Å². The second-order valence-corrected chi connectivity index (χ2v) is 5.76. The van der Waals surface area contributed by atoms with Gasteiger partial charge in [0.25, 0.3) is 0 Å². The third kappa shape index (κ3) is 2.80. The molecule has 0 unspecified atom stereocenters. The highest BCUT2D eigenvalue weighted by molar-refractivity contribution is 5.76. The summed E-state index contributed by atoms with van der Waals surface area (Å²) in [6.07, 6.45) is 4.41. The fourth-order valence-electron chi connectivity index (χ4n) is 2.99. The molecule has 4 nitrogen and oxygen atoms in total. The van der Waals surface area contributed by atoms with Gasteiger partial charge in [0.1, 0.15) is 23.0 Å². The summed E-state index contributed by atoms with van der Waals surface area (Å²) in [7, 11) is 0. The molecule has 4 rings (SSSR count). The zero-order valence-electron chi connectivity index (χ0n) is 12.7. The standard InChI is InChI=1S/C18H18FN3O/c19-14-8-6-13(7-9-14)17-18(20-12-15-4-3-11-23-15)22-10-2-1-5-16(22)21-17/h1-2,5-10,15,20H,3-4,11-12H2/t15-/m1/s1. The van der Waals surface area contributed by atoms with Gasteiger partial charge in [-0.1, -0.05) is 6.07 Å². The van der Waals surface area contributed by atoms with Crippen LogP contribution in [-0.2, 0) is 4.74 Å². The highest BCUT2D eigenvalue weighted by atomic mass is 19.1. The molecule has 1 fully saturated rings. The summed E-state index contributed by atoms with van der Waals surface area (Å²) in [6.45, 7) is 1.58. The van der Waals surface area contributed by atoms with Gasteiger partial charge in [-0.2, -0.15) is 0 Å². The molecule has 3 heterocycles. The zero-order valence-corrected chi connectivity index (χ0v) is 12.7. The molecule has 0 amide bonds. The van der Waals surface area contributed by atoms with E-state index in [0.29, 0.717) is 0 Å². The first kappa shape index (κ1) is 14.2. The Morgan fingerprint density at radius 3 is 2.87 bits per heavy atom. The number of imidazole rings is 1. The molecule has 0 spiro atoms. The van der Waals surface area contributed by atoms with Crippen LogP contribution in [0.3, 0.4) is 0 Å². The molecule has 3 aromatic rings. The van der Waals surface area contributed by atoms with Crippen LogP contribution in [0.15, 0.2) is 48.7 Å². The number of hydrogen-bond donors (Lipinski definition) is 1. The molecule has 1 aliphatic rings. The van der Waals surface area contributed by atoms with Crippen molar-refractivity contribution in [1.82, 2.24) is 9.38 Å². The maximum atomic E-state index is 13.2. The average molecular weight is 311 g/mol. The second kappa shape index (κ2) is 6.01. The van der Waals surface area contributed by atoms with Gasteiger partial charge in [0.2, 0.25) is 0 Å². The SMILES string of the molecule is Fc1ccc(-c2nc3ccccn3c2NC[C@H]2CCCO2)cc1. The summed E-state index contributed by atoms with van der Waals surface area (Å²) >= 11 is 0. The molecular formula is C18H18FN3O. The predicted octanol–water partition coefficient (Wildman–Crippen LogP) is 3.73. The largest absolute Gasteiger partial charge is 0.376 e. The molecule has 1 atom stereocenters. The maximum Gasteiger partial charge on any atom is 0.139 e. The van der Waals surface area contributed by atoms with E-state index in [1.54, 1.807) is 12.1 Å². The third-order valence-electron chi connectivity index (χ3n) is 4.17. The van der Waals surface area contributed by atoms with Crippen LogP contribution in [0.5, 0.6) is 0 Å². The lowest BCUT2D eigenvalue weighted by atomic mass is 10.1. The number of fused-ring (bicyclic) bond motifs is 1. The van der Waals surface area contributed by atoms with Gasteiger partial charge in [0.05, 0.1) is 6.10 Å². The van der Waals surface area contributed by atoms with Crippen LogP contribution >= 0.6 is 0 Å². The molecule has 1 aliphatic heterocycles. The number of halogens is 1. The number of pyridine rings is 1. The van der Waals surface area contributed by atoms with Crippen LogP contribution < -0.4 is 5.32 Å². The topological polar surface area (TPSA) is 38.6 Å². The molecule has 0 saturated carbocycles. The lowest BCUT2D eigenvalue weighted by Crippen LogP contribution is -2.19. The molecular weight excluding hydrogens is 293 g/mol. The summed E-state index contributed by atoms with van der Waals surface area (Å²) in [6, 6.07) is 12.3. The Labute approximate surface area is 133 Å². The summed E-state index contributed by atoms with van der Waals surface area (Å²) in [5, 5.41) is 3.47. The van der Waals surface area contributed by atoms with Crippen molar-refractivity contribution in [3.63, 3.8) is 0 Å². The van der Waals surface area contributed by atoms with E-state index in [0.717, 1.165) is 48.7 Å². The molecule has 23 heavy (non-hydrogen) atoms. The Bertz CT molecular complexity index is 807. The number of anilines is 1. The lowest BCUT2D eigenvalue weighted by Gasteiger charge is -2.13. The number of hydrogen-bond acceptors (Lipinski definition) is 3. The van der Waals surface area contributed by atoms with E-state index in [1.165, 1.54) is 12.1 Å². The first-order valence-corrected chi connectivity index (χ1v) is 7.90. The van der Waals surface area contributed by atoms with E-state index in [2.05, 4.69) is 5.32 Å². The molecule has 1 N–H and O–H groups in total. The smallest absolute Gasteiger partial charge is 0.139 e. The van der Waals surface area contributed by atoms with Gasteiger partial charge in [-0.25, -0.2) is 9.37 Å². The fourth-order valence-corrected chi connectivity index (χ4v) is 2.99. The van der Waals surface area contributed by atoms with Crippen LogP contribution in [0, 0.1) is 5.82 Å². The van der Waals surface area contributed by atoms with Crippen molar-refractivity contribution in [2.24, 2.45) is 0 Å². The Morgan fingerprint density at radius 1 is 1.22 bits per heavy atom. The van der Waals surface area contributed by atoms with Gasteiger partial charge in [0.15, 0.2) is 0 Å². The fraction of sp³-hybridized carbons (Fsp3) is 0.278. The van der Waals surface area contributed by atoms with Gasteiger partial charge in [-0.05, 0) is 49.2 Å². The molecule has 0 radical (unpaired) electrons. The maximum absolute atomic E-state index is 13.2. The van der Waals surface area contributed by atoms with E-state index in [1.807, 2.05) is 28.8 Å². The predicted molar refractivity (Wildman–Crippen MR) is 88.0 cm³/mol. The summed E-state index contributed by atoms with van der Waals surface area (Å²) in [4.78, 5) is 4.70. The van der Waals surface area contributed by atoms with E-state index in [-0.39, 0.29) is 11.9 Å². The van der Waals surface area contributed by atoms with Crippen molar-refractivity contribution >= 4 is 11.5 Å². The lowest BCUT2D eigenvalue weighted by molar-refractivity contribution is 0.120. The number of nitrogens with zero attached hydrogens (tertiary/aromatic N) is 2. The van der Waals surface area contributed by atoms with Gasteiger partial charge < -0.3 is 10.1 Å². The number of aromatic nitrogens is 2. The Morgan fingerprint density at radius 2 is 2.09 bits per heavy atom. The second-order valence-electron chi connectivity index (χ2n) is 5.76. The first-order valence-electron chi connectivity index (χ1n) is 7.90. The number of benzene rings is 1. The van der Waals surface area contributed by atoms with E-state index in [9.17, 15) is 4.39 Å². The van der Waals surface area contributed by atoms with Crippen molar-refractivity contribution < 1.29 is 9.13 Å². The third-order valence-corrected chi connectivity index (χ3v) is 4.17. The minimum absolute atomic E-state index is 0.241. The normalized spacial score (nSPS) is 17.7. The molecule has 5 heteroatoms. The molecule has 118 valence electrons. The Balaban J connectivity index is 1.72. The molecule has 0 bridgehead atoms. The summed E-state index contributed by atoms with van der Waals surface area (Å²) in [5.41, 5.74) is 2.58. The average Bonchev–Trinajstić information content (AvgIpc) is 3.21. The van der Waals surface area contributed by atoms with Gasteiger partial charge in [-0.15, -0.1) is 0 Å². The molecule has 1 saturated heterocycles. The zero-order chi connectivity index (χ0) is 15.6. The van der Waals surface area contributed by atoms with E-state index in [4.69, 9.17) is 9.72 Å². The Kier molecular flexibility index (Phi) is 3.71. The highest BCUT2D eigenvalue weighted by Crippen LogP contribution is 2.29. The number of ether oxygens (including phenoxy) is 1. The summed E-state index contributed by atoms with van der Waals surface area (Å²) in [5.74, 6) is 0.675. The van der Waals surface area contributed by atoms with Crippen LogP contribution in [0.25, 0.3) is 16.9 Å². The van der Waals surface area contributed by atoms with Crippen LogP contribution in [-0.4, -0.2) is 28.6 Å². The van der Waals surface area contributed by atoms with Crippen molar-refractivity contribution in [2.75, 3.05) is 18.5 Å². The van der Waals surface area contributed by atoms with Crippen LogP contribution in [0.1, 0.15) is 12.8 Å². The van der Waals surface area contributed by atoms with Gasteiger partial charge in [0, 0.05) is 24.9 Å². The molecule has 0 aliphatic carbocycles. The highest BCUT2D eigenvalue weighted by Gasteiger charge is 2.18. The number of rotatable bonds is 4. The van der Waals surface area contributed by atoms with Crippen molar-refractivity contribution in [3.05, 3.63) is 54.5 Å². The van der Waals surface area contributed by atoms with Crippen molar-refractivity contribution in [1.29, 1.82) is 0 Å². The quantitative estimate of drug-likeness (QED) is 0.798. The monoisotopic (exact) mass is 311 g/mol. The van der Waals surface area contributed by atoms with E-state index >= 15 is 0 Å². The minimum atomic E-state index is -0.244. The molecule has 1 aromatic carbocycles. The van der Waals surface area contributed by atoms with Crippen LogP contribution in [0.4, 0.5) is 10.2 Å². The van der Waals surface area contributed by atoms with Gasteiger partial charge in [-0.3, -0.25) is 4.40 Å².